The molecule has 8 heteroatoms. The summed E-state index contributed by atoms with van der Waals surface area (Å²) in [6.45, 7) is 3.87. The first-order valence-electron chi connectivity index (χ1n) is 9.93. The molecule has 0 saturated carbocycles. The Morgan fingerprint density at radius 3 is 2.45 bits per heavy atom. The summed E-state index contributed by atoms with van der Waals surface area (Å²) in [5.74, 6) is 0.868. The molecule has 1 aromatic heterocycles. The summed E-state index contributed by atoms with van der Waals surface area (Å²) in [7, 11) is 3.21. The number of ether oxygens (including phenoxy) is 2. The van der Waals surface area contributed by atoms with Gasteiger partial charge in [0.15, 0.2) is 11.5 Å². The number of carbonyl (C=O) groups is 1. The highest BCUT2D eigenvalue weighted by Gasteiger charge is 2.37. The molecular formula is C23H23FN2O4S. The fourth-order valence-electron chi connectivity index (χ4n) is 3.80. The van der Waals surface area contributed by atoms with Crippen LogP contribution in [-0.4, -0.2) is 23.7 Å². The molecule has 162 valence electrons. The van der Waals surface area contributed by atoms with Gasteiger partial charge in [0.25, 0.3) is 0 Å². The van der Waals surface area contributed by atoms with Crippen molar-refractivity contribution >= 4 is 28.7 Å². The minimum absolute atomic E-state index is 0.00811. The number of halogens is 1. The van der Waals surface area contributed by atoms with Crippen molar-refractivity contribution in [2.45, 2.75) is 32.3 Å². The Labute approximate surface area is 183 Å². The van der Waals surface area contributed by atoms with Gasteiger partial charge < -0.3 is 9.47 Å². The van der Waals surface area contributed by atoms with E-state index in [-0.39, 0.29) is 35.0 Å². The number of thiazole rings is 1. The topological polar surface area (TPSA) is 60.8 Å². The molecule has 2 aromatic carbocycles. The molecule has 2 heterocycles. The molecule has 0 unspecified atom stereocenters. The van der Waals surface area contributed by atoms with Gasteiger partial charge >= 0.3 is 4.87 Å². The van der Waals surface area contributed by atoms with Gasteiger partial charge in [0, 0.05) is 19.4 Å². The molecule has 0 spiro atoms. The van der Waals surface area contributed by atoms with Crippen molar-refractivity contribution in [2.75, 3.05) is 12.0 Å². The lowest BCUT2D eigenvalue weighted by atomic mass is 9.90. The summed E-state index contributed by atoms with van der Waals surface area (Å²) < 4.78 is 26.2. The van der Waals surface area contributed by atoms with Gasteiger partial charge in [0.1, 0.15) is 11.6 Å². The molecule has 31 heavy (non-hydrogen) atoms. The average Bonchev–Trinajstić information content (AvgIpc) is 3.03. The maximum atomic E-state index is 13.4. The predicted octanol–water partition coefficient (Wildman–Crippen LogP) is 4.58. The zero-order valence-electron chi connectivity index (χ0n) is 17.7. The van der Waals surface area contributed by atoms with Gasteiger partial charge in [-0.1, -0.05) is 17.4 Å². The maximum Gasteiger partial charge on any atom is 0.308 e. The van der Waals surface area contributed by atoms with E-state index in [0.29, 0.717) is 23.0 Å². The van der Waals surface area contributed by atoms with Crippen molar-refractivity contribution in [3.05, 3.63) is 68.4 Å². The number of amides is 1. The molecule has 0 radical (unpaired) electrons. The standard InChI is InChI=1S/C23H23FN2O4S/c1-13(2)30-18-10-5-14(11-19(18)29-4)17-12-20(27)26(16-8-6-15(24)7-9-16)22-21(17)31-23(28)25(22)3/h5-11,13,17H,12H2,1-4H3/t17-/m1/s1. The van der Waals surface area contributed by atoms with Crippen molar-refractivity contribution in [3.8, 4) is 11.5 Å². The maximum absolute atomic E-state index is 13.4. The molecule has 3 aromatic rings. The summed E-state index contributed by atoms with van der Waals surface area (Å²) in [5.41, 5.74) is 1.39. The van der Waals surface area contributed by atoms with E-state index in [4.69, 9.17) is 9.47 Å². The van der Waals surface area contributed by atoms with Gasteiger partial charge in [0.2, 0.25) is 5.91 Å². The second-order valence-corrected chi connectivity index (χ2v) is 8.65. The number of benzene rings is 2. The quantitative estimate of drug-likeness (QED) is 0.580. The second kappa shape index (κ2) is 8.19. The van der Waals surface area contributed by atoms with E-state index < -0.39 is 0 Å². The summed E-state index contributed by atoms with van der Waals surface area (Å²) in [6, 6.07) is 11.3. The van der Waals surface area contributed by atoms with Crippen LogP contribution >= 0.6 is 11.3 Å². The third-order valence-corrected chi connectivity index (χ3v) is 6.34. The lowest BCUT2D eigenvalue weighted by molar-refractivity contribution is -0.118. The molecule has 0 saturated heterocycles. The van der Waals surface area contributed by atoms with E-state index in [9.17, 15) is 14.0 Å². The minimum atomic E-state index is -0.388. The van der Waals surface area contributed by atoms with Crippen LogP contribution in [0.15, 0.2) is 47.3 Å². The highest BCUT2D eigenvalue weighted by Crippen LogP contribution is 2.45. The van der Waals surface area contributed by atoms with Crippen LogP contribution in [-0.2, 0) is 11.8 Å². The molecule has 0 bridgehead atoms. The third kappa shape index (κ3) is 3.83. The van der Waals surface area contributed by atoms with E-state index in [0.717, 1.165) is 21.8 Å². The van der Waals surface area contributed by atoms with Crippen LogP contribution in [0.3, 0.4) is 0 Å². The third-order valence-electron chi connectivity index (χ3n) is 5.20. The summed E-state index contributed by atoms with van der Waals surface area (Å²) in [5, 5.41) is 0. The Balaban J connectivity index is 1.81. The highest BCUT2D eigenvalue weighted by atomic mass is 32.1. The second-order valence-electron chi connectivity index (χ2n) is 7.65. The lowest BCUT2D eigenvalue weighted by Gasteiger charge is -2.32. The summed E-state index contributed by atoms with van der Waals surface area (Å²) in [4.78, 5) is 27.9. The van der Waals surface area contributed by atoms with Crippen molar-refractivity contribution in [1.29, 1.82) is 0 Å². The summed E-state index contributed by atoms with van der Waals surface area (Å²) in [6.07, 6.45) is 0.170. The number of hydrogen-bond acceptors (Lipinski definition) is 5. The summed E-state index contributed by atoms with van der Waals surface area (Å²) >= 11 is 1.12. The van der Waals surface area contributed by atoms with E-state index in [1.54, 1.807) is 26.3 Å². The van der Waals surface area contributed by atoms with Gasteiger partial charge in [-0.15, -0.1) is 0 Å². The number of aromatic nitrogens is 1. The van der Waals surface area contributed by atoms with Gasteiger partial charge in [-0.2, -0.15) is 0 Å². The van der Waals surface area contributed by atoms with E-state index >= 15 is 0 Å². The van der Waals surface area contributed by atoms with E-state index in [1.165, 1.54) is 21.6 Å². The first-order chi connectivity index (χ1) is 14.8. The normalized spacial score (nSPS) is 15.9. The smallest absolute Gasteiger partial charge is 0.308 e. The zero-order chi connectivity index (χ0) is 22.3. The average molecular weight is 443 g/mol. The predicted molar refractivity (Wildman–Crippen MR) is 118 cm³/mol. The van der Waals surface area contributed by atoms with Crippen molar-refractivity contribution in [3.63, 3.8) is 0 Å². The van der Waals surface area contributed by atoms with Crippen LogP contribution < -0.4 is 19.2 Å². The van der Waals surface area contributed by atoms with Gasteiger partial charge in [-0.3, -0.25) is 19.1 Å². The largest absolute Gasteiger partial charge is 0.493 e. The van der Waals surface area contributed by atoms with Gasteiger partial charge in [-0.25, -0.2) is 4.39 Å². The molecule has 0 N–H and O–H groups in total. The molecular weight excluding hydrogens is 419 g/mol. The van der Waals surface area contributed by atoms with Crippen LogP contribution in [0.2, 0.25) is 0 Å². The fourth-order valence-corrected chi connectivity index (χ4v) is 4.89. The van der Waals surface area contributed by atoms with Crippen LogP contribution in [0.25, 0.3) is 0 Å². The molecule has 0 aliphatic carbocycles. The van der Waals surface area contributed by atoms with Crippen LogP contribution in [0.5, 0.6) is 11.5 Å². The van der Waals surface area contributed by atoms with Crippen LogP contribution in [0, 0.1) is 5.82 Å². The Bertz CT molecular complexity index is 1180. The Morgan fingerprint density at radius 2 is 1.81 bits per heavy atom. The monoisotopic (exact) mass is 442 g/mol. The van der Waals surface area contributed by atoms with Crippen molar-refractivity contribution in [2.24, 2.45) is 7.05 Å². The van der Waals surface area contributed by atoms with Crippen molar-refractivity contribution < 1.29 is 18.7 Å². The molecule has 1 atom stereocenters. The number of methoxy groups -OCH3 is 1. The van der Waals surface area contributed by atoms with E-state index in [2.05, 4.69) is 0 Å². The molecule has 6 nitrogen and oxygen atoms in total. The minimum Gasteiger partial charge on any atom is -0.493 e. The SMILES string of the molecule is COc1cc([C@H]2CC(=O)N(c3ccc(F)cc3)c3c2sc(=O)n3C)ccc1OC(C)C. The zero-order valence-corrected chi connectivity index (χ0v) is 18.5. The van der Waals surface area contributed by atoms with E-state index in [1.807, 2.05) is 32.0 Å². The van der Waals surface area contributed by atoms with Gasteiger partial charge in [0.05, 0.1) is 23.8 Å². The fraction of sp³-hybridized carbons (Fsp3) is 0.304. The molecule has 1 aliphatic heterocycles. The number of fused-ring (bicyclic) bond motifs is 1. The lowest BCUT2D eigenvalue weighted by Crippen LogP contribution is -2.34. The Morgan fingerprint density at radius 1 is 1.10 bits per heavy atom. The number of anilines is 2. The molecule has 1 amide bonds. The Kier molecular flexibility index (Phi) is 5.58. The molecule has 1 aliphatic rings. The first-order valence-corrected chi connectivity index (χ1v) is 10.7. The number of carbonyl (C=O) groups excluding carboxylic acids is 1. The first kappa shape index (κ1) is 21.1. The Hall–Kier alpha value is -3.13. The number of nitrogens with zero attached hydrogens (tertiary/aromatic N) is 2. The van der Waals surface area contributed by atoms with Crippen LogP contribution in [0.4, 0.5) is 15.9 Å². The number of hydrogen-bond donors (Lipinski definition) is 0. The van der Waals surface area contributed by atoms with Gasteiger partial charge in [-0.05, 0) is 55.8 Å². The number of rotatable bonds is 5. The molecule has 4 rings (SSSR count). The van der Waals surface area contributed by atoms with Crippen molar-refractivity contribution in [1.82, 2.24) is 4.57 Å². The highest BCUT2D eigenvalue weighted by molar-refractivity contribution is 7.10. The van der Waals surface area contributed by atoms with Crippen LogP contribution in [0.1, 0.15) is 36.6 Å². The molecule has 0 fully saturated rings.